The number of H-pyrrole nitrogens is 1. The van der Waals surface area contributed by atoms with Crippen molar-refractivity contribution in [2.45, 2.75) is 17.7 Å². The molecule has 0 spiro atoms. The number of aromatic amines is 1. The van der Waals surface area contributed by atoms with Crippen LogP contribution in [0.5, 0.6) is 0 Å². The van der Waals surface area contributed by atoms with Gasteiger partial charge in [0.1, 0.15) is 11.8 Å². The van der Waals surface area contributed by atoms with Gasteiger partial charge < -0.3 is 13.8 Å². The number of carbonyl (C=O) groups excluding carboxylic acids is 1. The Balaban J connectivity index is 1.20. The second-order valence-corrected chi connectivity index (χ2v) is 9.30. The van der Waals surface area contributed by atoms with E-state index in [0.29, 0.717) is 28.3 Å². The van der Waals surface area contributed by atoms with Gasteiger partial charge in [-0.1, -0.05) is 53.7 Å². The van der Waals surface area contributed by atoms with Gasteiger partial charge >= 0.3 is 0 Å². The Labute approximate surface area is 209 Å². The molecule has 1 amide bonds. The molecule has 1 aliphatic heterocycles. The molecule has 0 saturated heterocycles. The van der Waals surface area contributed by atoms with Gasteiger partial charge in [0.15, 0.2) is 0 Å². The minimum absolute atomic E-state index is 0.0874. The molecule has 8 nitrogen and oxygen atoms in total. The number of para-hydroxylation sites is 1. The van der Waals surface area contributed by atoms with Crippen LogP contribution in [0.15, 0.2) is 92.3 Å². The Morgan fingerprint density at radius 2 is 1.97 bits per heavy atom. The van der Waals surface area contributed by atoms with Gasteiger partial charge in [0, 0.05) is 28.5 Å². The monoisotopic (exact) mass is 503 g/mol. The van der Waals surface area contributed by atoms with Crippen molar-refractivity contribution in [2.75, 3.05) is 5.75 Å². The van der Waals surface area contributed by atoms with Crippen molar-refractivity contribution in [3.8, 4) is 11.5 Å². The number of carbonyl (C=O) groups is 1. The maximum absolute atomic E-state index is 13.2. The molecule has 1 N–H and O–H groups in total. The fraction of sp³-hybridized carbons (Fsp3) is 0.120. The fourth-order valence-corrected chi connectivity index (χ4v) is 4.82. The Kier molecular flexibility index (Phi) is 5.63. The third kappa shape index (κ3) is 4.24. The Hall–Kier alpha value is -3.82. The van der Waals surface area contributed by atoms with Gasteiger partial charge in [0.05, 0.1) is 23.3 Å². The number of hydrazone groups is 1. The van der Waals surface area contributed by atoms with Crippen LogP contribution in [0.2, 0.25) is 5.02 Å². The van der Waals surface area contributed by atoms with Gasteiger partial charge in [-0.3, -0.25) is 4.79 Å². The van der Waals surface area contributed by atoms with Crippen LogP contribution in [-0.2, 0) is 4.79 Å². The minimum atomic E-state index is -0.326. The average molecular weight is 504 g/mol. The Bertz CT molecular complexity index is 1520. The van der Waals surface area contributed by atoms with Crippen LogP contribution in [0.1, 0.15) is 23.8 Å². The van der Waals surface area contributed by atoms with Crippen LogP contribution < -0.4 is 0 Å². The van der Waals surface area contributed by atoms with Crippen molar-refractivity contribution in [3.05, 3.63) is 89.5 Å². The predicted molar refractivity (Wildman–Crippen MR) is 133 cm³/mol. The molecule has 0 bridgehead atoms. The minimum Gasteiger partial charge on any atom is -0.467 e. The first kappa shape index (κ1) is 21.7. The summed E-state index contributed by atoms with van der Waals surface area (Å²) in [7, 11) is 0. The van der Waals surface area contributed by atoms with E-state index in [1.54, 1.807) is 12.3 Å². The van der Waals surface area contributed by atoms with Crippen LogP contribution in [-0.4, -0.2) is 37.6 Å². The molecule has 0 fully saturated rings. The second-order valence-electron chi connectivity index (χ2n) is 7.94. The highest BCUT2D eigenvalue weighted by atomic mass is 35.5. The highest BCUT2D eigenvalue weighted by Gasteiger charge is 2.35. The number of fused-ring (bicyclic) bond motifs is 1. The predicted octanol–water partition coefficient (Wildman–Crippen LogP) is 5.93. The van der Waals surface area contributed by atoms with E-state index in [0.717, 1.165) is 27.7 Å². The maximum Gasteiger partial charge on any atom is 0.277 e. The molecule has 0 radical (unpaired) electrons. The molecule has 10 heteroatoms. The summed E-state index contributed by atoms with van der Waals surface area (Å²) in [5, 5.41) is 16.3. The number of nitrogens with zero attached hydrogens (tertiary/aromatic N) is 4. The zero-order valence-electron chi connectivity index (χ0n) is 18.2. The van der Waals surface area contributed by atoms with Crippen LogP contribution in [0.4, 0.5) is 0 Å². The zero-order chi connectivity index (χ0) is 23.8. The van der Waals surface area contributed by atoms with Crippen LogP contribution in [0.25, 0.3) is 22.4 Å². The molecule has 0 saturated carbocycles. The highest BCUT2D eigenvalue weighted by Crippen LogP contribution is 2.35. The molecule has 174 valence electrons. The fourth-order valence-electron chi connectivity index (χ4n) is 4.07. The van der Waals surface area contributed by atoms with Gasteiger partial charge in [-0.2, -0.15) is 5.10 Å². The van der Waals surface area contributed by atoms with E-state index in [4.69, 9.17) is 20.4 Å². The van der Waals surface area contributed by atoms with Gasteiger partial charge in [0.25, 0.3) is 17.0 Å². The maximum atomic E-state index is 13.2. The standard InChI is InChI=1S/C25H18ClN5O3S/c26-16-9-7-15(8-10-16)20-12-21(22-6-3-11-33-22)31(30-20)23(32)14-35-25-29-28-24(34-25)18-13-27-19-5-2-1-4-17(18)19/h1-11,13,21,27H,12,14H2/t21-/m0/s1. The van der Waals surface area contributed by atoms with Crippen molar-refractivity contribution >= 4 is 45.9 Å². The molecule has 35 heavy (non-hydrogen) atoms. The molecular weight excluding hydrogens is 486 g/mol. The van der Waals surface area contributed by atoms with Crippen molar-refractivity contribution in [2.24, 2.45) is 5.10 Å². The van der Waals surface area contributed by atoms with Crippen LogP contribution >= 0.6 is 23.4 Å². The Morgan fingerprint density at radius 3 is 2.80 bits per heavy atom. The van der Waals surface area contributed by atoms with E-state index in [-0.39, 0.29) is 17.7 Å². The van der Waals surface area contributed by atoms with Crippen molar-refractivity contribution < 1.29 is 13.6 Å². The molecule has 3 aromatic heterocycles. The van der Waals surface area contributed by atoms with Crippen molar-refractivity contribution in [1.29, 1.82) is 0 Å². The molecule has 1 atom stereocenters. The topological polar surface area (TPSA) is 101 Å². The zero-order valence-corrected chi connectivity index (χ0v) is 19.8. The number of nitrogens with one attached hydrogen (secondary N) is 1. The SMILES string of the molecule is O=C(CSc1nnc(-c2c[nH]c3ccccc23)o1)N1N=C(c2ccc(Cl)cc2)C[C@H]1c1ccco1. The molecule has 1 aliphatic rings. The van der Waals surface area contributed by atoms with E-state index >= 15 is 0 Å². The number of aromatic nitrogens is 3. The number of benzene rings is 2. The van der Waals surface area contributed by atoms with E-state index in [1.807, 2.05) is 60.8 Å². The van der Waals surface area contributed by atoms with E-state index in [2.05, 4.69) is 20.3 Å². The van der Waals surface area contributed by atoms with E-state index < -0.39 is 0 Å². The van der Waals surface area contributed by atoms with Gasteiger partial charge in [-0.25, -0.2) is 5.01 Å². The summed E-state index contributed by atoms with van der Waals surface area (Å²) in [4.78, 5) is 16.4. The largest absolute Gasteiger partial charge is 0.467 e. The molecule has 6 rings (SSSR count). The quantitative estimate of drug-likeness (QED) is 0.288. The van der Waals surface area contributed by atoms with Crippen LogP contribution in [0, 0.1) is 0 Å². The summed E-state index contributed by atoms with van der Waals surface area (Å²) in [5.41, 5.74) is 3.51. The third-order valence-corrected chi connectivity index (χ3v) is 6.82. The third-order valence-electron chi connectivity index (χ3n) is 5.76. The first-order chi connectivity index (χ1) is 17.2. The molecular formula is C25H18ClN5O3S. The summed E-state index contributed by atoms with van der Waals surface area (Å²) in [6.07, 6.45) is 3.97. The number of hydrogen-bond acceptors (Lipinski definition) is 7. The lowest BCUT2D eigenvalue weighted by Gasteiger charge is -2.19. The molecule has 4 heterocycles. The van der Waals surface area contributed by atoms with E-state index in [1.165, 1.54) is 16.8 Å². The summed E-state index contributed by atoms with van der Waals surface area (Å²) in [5.74, 6) is 0.974. The normalized spacial score (nSPS) is 15.6. The second kappa shape index (κ2) is 9.09. The first-order valence-corrected chi connectivity index (χ1v) is 12.2. The summed E-state index contributed by atoms with van der Waals surface area (Å²) < 4.78 is 11.4. The van der Waals surface area contributed by atoms with Gasteiger partial charge in [-0.15, -0.1) is 10.2 Å². The van der Waals surface area contributed by atoms with Gasteiger partial charge in [0.2, 0.25) is 0 Å². The first-order valence-electron chi connectivity index (χ1n) is 10.9. The van der Waals surface area contributed by atoms with Gasteiger partial charge in [-0.05, 0) is 35.9 Å². The van der Waals surface area contributed by atoms with Crippen molar-refractivity contribution in [3.63, 3.8) is 0 Å². The molecule has 5 aromatic rings. The molecule has 0 aliphatic carbocycles. The molecule has 0 unspecified atom stereocenters. The number of furan rings is 1. The van der Waals surface area contributed by atoms with E-state index in [9.17, 15) is 4.79 Å². The lowest BCUT2D eigenvalue weighted by molar-refractivity contribution is -0.130. The smallest absolute Gasteiger partial charge is 0.277 e. The summed E-state index contributed by atoms with van der Waals surface area (Å²) in [6.45, 7) is 0. The van der Waals surface area contributed by atoms with Crippen molar-refractivity contribution in [1.82, 2.24) is 20.2 Å². The Morgan fingerprint density at radius 1 is 1.11 bits per heavy atom. The summed E-state index contributed by atoms with van der Waals surface area (Å²) in [6, 6.07) is 18.6. The lowest BCUT2D eigenvalue weighted by Crippen LogP contribution is -2.28. The number of rotatable bonds is 6. The number of halogens is 1. The number of thioether (sulfide) groups is 1. The molecule has 2 aromatic carbocycles. The summed E-state index contributed by atoms with van der Waals surface area (Å²) >= 11 is 7.20. The number of amides is 1. The lowest BCUT2D eigenvalue weighted by atomic mass is 10.0. The highest BCUT2D eigenvalue weighted by molar-refractivity contribution is 7.99. The average Bonchev–Trinajstić information content (AvgIpc) is 3.68. The van der Waals surface area contributed by atoms with Crippen LogP contribution in [0.3, 0.4) is 0 Å². The number of hydrogen-bond donors (Lipinski definition) is 1.